The molecule has 0 saturated carbocycles. The van der Waals surface area contributed by atoms with Crippen LogP contribution in [0.25, 0.3) is 0 Å². The minimum Gasteiger partial charge on any atom is -0.503 e. The number of rotatable bonds is 4. The largest absolute Gasteiger partial charge is 0.503 e. The lowest BCUT2D eigenvalue weighted by atomic mass is 10.3. The van der Waals surface area contributed by atoms with E-state index < -0.39 is 17.6 Å². The lowest BCUT2D eigenvalue weighted by molar-refractivity contribution is -0.133. The summed E-state index contributed by atoms with van der Waals surface area (Å²) in [6, 6.07) is 0. The summed E-state index contributed by atoms with van der Waals surface area (Å²) in [6.45, 7) is 0.920. The molecule has 1 aliphatic heterocycles. The molecule has 3 N–H and O–H groups in total. The number of amides is 1. The first-order valence-electron chi connectivity index (χ1n) is 4.17. The van der Waals surface area contributed by atoms with E-state index in [1.54, 1.807) is 7.05 Å². The summed E-state index contributed by atoms with van der Waals surface area (Å²) in [7, 11) is 1.73. The van der Waals surface area contributed by atoms with E-state index in [9.17, 15) is 14.7 Å². The number of carboxylic acid groups (broad SMARTS) is 1. The van der Waals surface area contributed by atoms with Gasteiger partial charge in [0.25, 0.3) is 5.91 Å². The lowest BCUT2D eigenvalue weighted by Gasteiger charge is -2.14. The molecule has 0 fully saturated rings. The van der Waals surface area contributed by atoms with Gasteiger partial charge in [0.15, 0.2) is 5.76 Å². The predicted octanol–water partition coefficient (Wildman–Crippen LogP) is -1.06. The Morgan fingerprint density at radius 1 is 1.64 bits per heavy atom. The van der Waals surface area contributed by atoms with Gasteiger partial charge in [-0.3, -0.25) is 4.79 Å². The van der Waals surface area contributed by atoms with Crippen molar-refractivity contribution in [1.82, 2.24) is 10.2 Å². The number of aliphatic hydroxyl groups is 1. The molecule has 1 heterocycles. The van der Waals surface area contributed by atoms with Crippen LogP contribution in [0.3, 0.4) is 0 Å². The smallest absolute Gasteiger partial charge is 0.337 e. The Labute approximate surface area is 80.8 Å². The van der Waals surface area contributed by atoms with Crippen LogP contribution in [-0.2, 0) is 9.59 Å². The molecule has 1 aliphatic rings. The molecular formula is C8H12N2O4. The SMILES string of the molecule is CNCCN1CC(C(=O)O)=C(O)C1=O. The van der Waals surface area contributed by atoms with Crippen LogP contribution in [0.4, 0.5) is 0 Å². The summed E-state index contributed by atoms with van der Waals surface area (Å²) >= 11 is 0. The average Bonchev–Trinajstić information content (AvgIpc) is 2.42. The zero-order chi connectivity index (χ0) is 10.7. The summed E-state index contributed by atoms with van der Waals surface area (Å²) in [6.07, 6.45) is 0. The van der Waals surface area contributed by atoms with Gasteiger partial charge in [0.1, 0.15) is 5.57 Å². The van der Waals surface area contributed by atoms with Gasteiger partial charge in [-0.15, -0.1) is 0 Å². The number of carboxylic acids is 1. The molecule has 78 valence electrons. The van der Waals surface area contributed by atoms with E-state index >= 15 is 0 Å². The van der Waals surface area contributed by atoms with Crippen LogP contribution in [0.2, 0.25) is 0 Å². The Kier molecular flexibility index (Phi) is 3.08. The minimum absolute atomic E-state index is 0.0261. The standard InChI is InChI=1S/C8H12N2O4/c1-9-2-3-10-4-5(8(13)14)6(11)7(10)12/h9,11H,2-4H2,1H3,(H,13,14). The van der Waals surface area contributed by atoms with E-state index in [1.807, 2.05) is 0 Å². The highest BCUT2D eigenvalue weighted by atomic mass is 16.4. The van der Waals surface area contributed by atoms with Crippen LogP contribution in [0, 0.1) is 0 Å². The number of nitrogens with zero attached hydrogens (tertiary/aromatic N) is 1. The van der Waals surface area contributed by atoms with E-state index in [-0.39, 0.29) is 12.1 Å². The number of nitrogens with one attached hydrogen (secondary N) is 1. The zero-order valence-corrected chi connectivity index (χ0v) is 7.78. The molecule has 14 heavy (non-hydrogen) atoms. The molecule has 1 amide bonds. The third-order valence-electron chi connectivity index (χ3n) is 2.01. The molecule has 6 heteroatoms. The van der Waals surface area contributed by atoms with Crippen molar-refractivity contribution >= 4 is 11.9 Å². The van der Waals surface area contributed by atoms with Crippen molar-refractivity contribution in [2.24, 2.45) is 0 Å². The quantitative estimate of drug-likeness (QED) is 0.538. The third-order valence-corrected chi connectivity index (χ3v) is 2.01. The van der Waals surface area contributed by atoms with Gasteiger partial charge in [-0.05, 0) is 7.05 Å². The van der Waals surface area contributed by atoms with E-state index in [4.69, 9.17) is 5.11 Å². The van der Waals surface area contributed by atoms with Crippen LogP contribution in [0.1, 0.15) is 0 Å². The number of carbonyl (C=O) groups is 2. The van der Waals surface area contributed by atoms with E-state index in [0.29, 0.717) is 13.1 Å². The molecular weight excluding hydrogens is 188 g/mol. The first-order chi connectivity index (χ1) is 6.57. The first-order valence-corrected chi connectivity index (χ1v) is 4.17. The Balaban J connectivity index is 2.67. The Morgan fingerprint density at radius 2 is 2.29 bits per heavy atom. The molecule has 0 aromatic carbocycles. The monoisotopic (exact) mass is 200 g/mol. The summed E-state index contributed by atoms with van der Waals surface area (Å²) in [5, 5.41) is 20.6. The van der Waals surface area contributed by atoms with Gasteiger partial charge < -0.3 is 20.4 Å². The fraction of sp³-hybridized carbons (Fsp3) is 0.500. The van der Waals surface area contributed by atoms with E-state index in [0.717, 1.165) is 0 Å². The van der Waals surface area contributed by atoms with Gasteiger partial charge in [0.2, 0.25) is 0 Å². The minimum atomic E-state index is -1.25. The van der Waals surface area contributed by atoms with Crippen molar-refractivity contribution in [2.75, 3.05) is 26.7 Å². The van der Waals surface area contributed by atoms with Crippen molar-refractivity contribution in [3.63, 3.8) is 0 Å². The van der Waals surface area contributed by atoms with Gasteiger partial charge in [-0.25, -0.2) is 4.79 Å². The van der Waals surface area contributed by atoms with Crippen LogP contribution >= 0.6 is 0 Å². The first kappa shape index (κ1) is 10.5. The fourth-order valence-electron chi connectivity index (χ4n) is 1.21. The van der Waals surface area contributed by atoms with E-state index in [1.165, 1.54) is 4.90 Å². The normalized spacial score (nSPS) is 16.6. The van der Waals surface area contributed by atoms with Crippen LogP contribution in [-0.4, -0.2) is 53.7 Å². The second kappa shape index (κ2) is 4.10. The number of carbonyl (C=O) groups excluding carboxylic acids is 1. The number of likely N-dealkylation sites (N-methyl/N-ethyl adjacent to an activating group) is 1. The number of aliphatic carboxylic acids is 1. The highest BCUT2D eigenvalue weighted by Gasteiger charge is 2.33. The summed E-state index contributed by atoms with van der Waals surface area (Å²) in [5.74, 6) is -2.51. The maximum absolute atomic E-state index is 11.3. The maximum atomic E-state index is 11.3. The fourth-order valence-corrected chi connectivity index (χ4v) is 1.21. The predicted molar refractivity (Wildman–Crippen MR) is 47.8 cm³/mol. The molecule has 0 spiro atoms. The summed E-state index contributed by atoms with van der Waals surface area (Å²) in [4.78, 5) is 23.1. The molecule has 0 aromatic rings. The van der Waals surface area contributed by atoms with Gasteiger partial charge in [-0.2, -0.15) is 0 Å². The molecule has 0 bridgehead atoms. The van der Waals surface area contributed by atoms with Gasteiger partial charge in [0, 0.05) is 13.1 Å². The highest BCUT2D eigenvalue weighted by molar-refractivity contribution is 6.04. The summed E-state index contributed by atoms with van der Waals surface area (Å²) in [5.41, 5.74) is -0.230. The third kappa shape index (κ3) is 1.85. The number of hydrogen-bond donors (Lipinski definition) is 3. The number of hydrogen-bond acceptors (Lipinski definition) is 4. The van der Waals surface area contributed by atoms with Gasteiger partial charge in [0.05, 0.1) is 6.54 Å². The van der Waals surface area contributed by atoms with Crippen LogP contribution < -0.4 is 5.32 Å². The highest BCUT2D eigenvalue weighted by Crippen LogP contribution is 2.16. The second-order valence-corrected chi connectivity index (χ2v) is 2.96. The Morgan fingerprint density at radius 3 is 2.71 bits per heavy atom. The molecule has 1 rings (SSSR count). The molecule has 0 radical (unpaired) electrons. The lowest BCUT2D eigenvalue weighted by Crippen LogP contribution is -2.33. The van der Waals surface area contributed by atoms with Crippen molar-refractivity contribution in [3.8, 4) is 0 Å². The zero-order valence-electron chi connectivity index (χ0n) is 7.78. The van der Waals surface area contributed by atoms with E-state index in [2.05, 4.69) is 5.32 Å². The Hall–Kier alpha value is -1.56. The number of aliphatic hydroxyl groups excluding tert-OH is 1. The molecule has 0 unspecified atom stereocenters. The van der Waals surface area contributed by atoms with Gasteiger partial charge in [-0.1, -0.05) is 0 Å². The summed E-state index contributed by atoms with van der Waals surface area (Å²) < 4.78 is 0. The topological polar surface area (TPSA) is 89.9 Å². The Bertz CT molecular complexity index is 298. The van der Waals surface area contributed by atoms with Crippen molar-refractivity contribution in [1.29, 1.82) is 0 Å². The van der Waals surface area contributed by atoms with Crippen molar-refractivity contribution < 1.29 is 19.8 Å². The molecule has 0 saturated heterocycles. The van der Waals surface area contributed by atoms with Gasteiger partial charge >= 0.3 is 5.97 Å². The molecule has 0 aliphatic carbocycles. The second-order valence-electron chi connectivity index (χ2n) is 2.96. The van der Waals surface area contributed by atoms with Crippen molar-refractivity contribution in [3.05, 3.63) is 11.3 Å². The maximum Gasteiger partial charge on any atom is 0.337 e. The molecule has 0 aromatic heterocycles. The molecule has 6 nitrogen and oxygen atoms in total. The van der Waals surface area contributed by atoms with Crippen LogP contribution in [0.5, 0.6) is 0 Å². The molecule has 0 atom stereocenters. The van der Waals surface area contributed by atoms with Crippen molar-refractivity contribution in [2.45, 2.75) is 0 Å². The van der Waals surface area contributed by atoms with Crippen LogP contribution in [0.15, 0.2) is 11.3 Å². The average molecular weight is 200 g/mol.